The zero-order valence-corrected chi connectivity index (χ0v) is 20.6. The quantitative estimate of drug-likeness (QED) is 0.353. The van der Waals surface area contributed by atoms with Crippen LogP contribution in [0.15, 0.2) is 48.5 Å². The predicted octanol–water partition coefficient (Wildman–Crippen LogP) is 4.86. The van der Waals surface area contributed by atoms with Crippen molar-refractivity contribution in [3.63, 3.8) is 0 Å². The third-order valence-electron chi connectivity index (χ3n) is 5.63. The van der Waals surface area contributed by atoms with Crippen molar-refractivity contribution < 1.29 is 14.5 Å². The number of amides is 2. The molecule has 2 rings (SSSR count). The number of hydrogen-bond donors (Lipinski definition) is 1. The maximum absolute atomic E-state index is 13.3. The Morgan fingerprint density at radius 1 is 1.09 bits per heavy atom. The Balaban J connectivity index is 2.13. The molecule has 2 amide bonds. The zero-order valence-electron chi connectivity index (χ0n) is 19.7. The lowest BCUT2D eigenvalue weighted by Crippen LogP contribution is -2.51. The van der Waals surface area contributed by atoms with Gasteiger partial charge in [-0.3, -0.25) is 19.7 Å². The number of carbonyl (C=O) groups excluding carboxylic acids is 2. The molecule has 0 aliphatic heterocycles. The summed E-state index contributed by atoms with van der Waals surface area (Å²) in [7, 11) is 0. The van der Waals surface area contributed by atoms with Crippen LogP contribution in [0.5, 0.6) is 0 Å². The number of carbonyl (C=O) groups is 2. The van der Waals surface area contributed by atoms with E-state index in [2.05, 4.69) is 5.32 Å². The SMILES string of the molecule is CC[C@H](C(=O)N[C@@H](C)CC)N(Cc1ccccc1C)C(=O)CSCc1ccc([N+](=O)[O-])cc1. The Morgan fingerprint density at radius 2 is 1.76 bits per heavy atom. The van der Waals surface area contributed by atoms with Crippen molar-refractivity contribution in [3.8, 4) is 0 Å². The van der Waals surface area contributed by atoms with E-state index >= 15 is 0 Å². The van der Waals surface area contributed by atoms with Crippen LogP contribution in [0.4, 0.5) is 5.69 Å². The highest BCUT2D eigenvalue weighted by atomic mass is 32.2. The van der Waals surface area contributed by atoms with Crippen molar-refractivity contribution in [2.75, 3.05) is 5.75 Å². The summed E-state index contributed by atoms with van der Waals surface area (Å²) in [6.07, 6.45) is 1.34. The summed E-state index contributed by atoms with van der Waals surface area (Å²) in [4.78, 5) is 38.3. The number of nitro benzene ring substituents is 1. The minimum Gasteiger partial charge on any atom is -0.352 e. The average molecular weight is 472 g/mol. The number of benzene rings is 2. The van der Waals surface area contributed by atoms with Gasteiger partial charge in [-0.05, 0) is 43.4 Å². The molecule has 33 heavy (non-hydrogen) atoms. The molecule has 2 atom stereocenters. The lowest BCUT2D eigenvalue weighted by atomic mass is 10.1. The number of nitrogens with one attached hydrogen (secondary N) is 1. The van der Waals surface area contributed by atoms with Gasteiger partial charge in [0, 0.05) is 30.5 Å². The summed E-state index contributed by atoms with van der Waals surface area (Å²) >= 11 is 1.44. The van der Waals surface area contributed by atoms with Crippen molar-refractivity contribution in [1.82, 2.24) is 10.2 Å². The maximum Gasteiger partial charge on any atom is 0.269 e. The molecular formula is C25H33N3O4S. The number of rotatable bonds is 12. The van der Waals surface area contributed by atoms with Gasteiger partial charge in [0.15, 0.2) is 0 Å². The van der Waals surface area contributed by atoms with Gasteiger partial charge in [0.25, 0.3) is 5.69 Å². The van der Waals surface area contributed by atoms with Crippen LogP contribution in [-0.2, 0) is 21.9 Å². The number of aryl methyl sites for hydroxylation is 1. The van der Waals surface area contributed by atoms with Crippen molar-refractivity contribution in [2.24, 2.45) is 0 Å². The van der Waals surface area contributed by atoms with E-state index in [1.807, 2.05) is 52.0 Å². The maximum atomic E-state index is 13.3. The molecule has 0 saturated carbocycles. The van der Waals surface area contributed by atoms with Gasteiger partial charge >= 0.3 is 0 Å². The minimum atomic E-state index is -0.550. The van der Waals surface area contributed by atoms with Crippen LogP contribution in [0.1, 0.15) is 50.3 Å². The van der Waals surface area contributed by atoms with E-state index in [1.165, 1.54) is 23.9 Å². The molecule has 0 aromatic heterocycles. The highest BCUT2D eigenvalue weighted by molar-refractivity contribution is 7.99. The number of thioether (sulfide) groups is 1. The molecule has 0 radical (unpaired) electrons. The first kappa shape index (κ1) is 26.4. The van der Waals surface area contributed by atoms with E-state index in [0.717, 1.165) is 23.1 Å². The Labute approximate surface area is 200 Å². The third kappa shape index (κ3) is 7.89. The van der Waals surface area contributed by atoms with Gasteiger partial charge in [-0.1, -0.05) is 50.2 Å². The summed E-state index contributed by atoms with van der Waals surface area (Å²) in [6.45, 7) is 8.26. The molecule has 8 heteroatoms. The number of non-ortho nitro benzene ring substituents is 1. The van der Waals surface area contributed by atoms with Crippen molar-refractivity contribution >= 4 is 29.3 Å². The Kier molecular flexibility index (Phi) is 10.4. The van der Waals surface area contributed by atoms with E-state index < -0.39 is 11.0 Å². The van der Waals surface area contributed by atoms with Gasteiger partial charge in [-0.25, -0.2) is 0 Å². The first-order chi connectivity index (χ1) is 15.8. The number of nitro groups is 1. The van der Waals surface area contributed by atoms with Crippen molar-refractivity contribution in [1.29, 1.82) is 0 Å². The smallest absolute Gasteiger partial charge is 0.269 e. The fraction of sp³-hybridized carbons (Fsp3) is 0.440. The molecule has 0 bridgehead atoms. The lowest BCUT2D eigenvalue weighted by Gasteiger charge is -2.32. The fourth-order valence-corrected chi connectivity index (χ4v) is 4.26. The molecule has 178 valence electrons. The van der Waals surface area contributed by atoms with Crippen LogP contribution in [0, 0.1) is 17.0 Å². The normalized spacial score (nSPS) is 12.6. The largest absolute Gasteiger partial charge is 0.352 e. The zero-order chi connectivity index (χ0) is 24.4. The Hall–Kier alpha value is -2.87. The fourth-order valence-electron chi connectivity index (χ4n) is 3.38. The molecule has 0 fully saturated rings. The monoisotopic (exact) mass is 471 g/mol. The van der Waals surface area contributed by atoms with Gasteiger partial charge in [-0.15, -0.1) is 11.8 Å². The van der Waals surface area contributed by atoms with Gasteiger partial charge in [-0.2, -0.15) is 0 Å². The molecule has 0 aliphatic rings. The van der Waals surface area contributed by atoms with Gasteiger partial charge in [0.2, 0.25) is 11.8 Å². The van der Waals surface area contributed by atoms with Crippen molar-refractivity contribution in [2.45, 2.75) is 64.9 Å². The van der Waals surface area contributed by atoms with E-state index in [9.17, 15) is 19.7 Å². The molecule has 0 unspecified atom stereocenters. The molecule has 2 aromatic carbocycles. The number of nitrogens with zero attached hydrogens (tertiary/aromatic N) is 2. The average Bonchev–Trinajstić information content (AvgIpc) is 2.80. The highest BCUT2D eigenvalue weighted by Gasteiger charge is 2.29. The first-order valence-corrected chi connectivity index (χ1v) is 12.4. The molecule has 0 heterocycles. The second-order valence-electron chi connectivity index (χ2n) is 8.11. The second-order valence-corrected chi connectivity index (χ2v) is 9.09. The van der Waals surface area contributed by atoms with Crippen LogP contribution in [0.2, 0.25) is 0 Å². The predicted molar refractivity (Wildman–Crippen MR) is 133 cm³/mol. The lowest BCUT2D eigenvalue weighted by molar-refractivity contribution is -0.384. The van der Waals surface area contributed by atoms with Crippen molar-refractivity contribution in [3.05, 3.63) is 75.3 Å². The number of hydrogen-bond acceptors (Lipinski definition) is 5. The van der Waals surface area contributed by atoms with Crippen LogP contribution in [0.3, 0.4) is 0 Å². The Bertz CT molecular complexity index is 949. The summed E-state index contributed by atoms with van der Waals surface area (Å²) in [5.74, 6) is 0.541. The standard InChI is InChI=1S/C25H33N3O4S/c1-5-19(4)26-25(30)23(6-2)27(15-21-10-8-7-9-18(21)3)24(29)17-33-16-20-11-13-22(14-12-20)28(31)32/h7-14,19,23H,5-6,15-17H2,1-4H3,(H,26,30)/t19-,23+/m0/s1. The van der Waals surface area contributed by atoms with Gasteiger partial charge < -0.3 is 10.2 Å². The molecule has 1 N–H and O–H groups in total. The third-order valence-corrected chi connectivity index (χ3v) is 6.62. The topological polar surface area (TPSA) is 92.6 Å². The van der Waals surface area contributed by atoms with E-state index in [4.69, 9.17) is 0 Å². The Morgan fingerprint density at radius 3 is 2.33 bits per heavy atom. The first-order valence-electron chi connectivity index (χ1n) is 11.2. The highest BCUT2D eigenvalue weighted by Crippen LogP contribution is 2.20. The summed E-state index contributed by atoms with van der Waals surface area (Å²) in [6, 6.07) is 13.7. The van der Waals surface area contributed by atoms with E-state index in [1.54, 1.807) is 17.0 Å². The molecular weight excluding hydrogens is 438 g/mol. The van der Waals surface area contributed by atoms with Crippen LogP contribution in [-0.4, -0.2) is 39.5 Å². The second kappa shape index (κ2) is 13.0. The summed E-state index contributed by atoms with van der Waals surface area (Å²) in [5.41, 5.74) is 3.04. The molecule has 2 aromatic rings. The van der Waals surface area contributed by atoms with Crippen LogP contribution >= 0.6 is 11.8 Å². The summed E-state index contributed by atoms with van der Waals surface area (Å²) < 4.78 is 0. The van der Waals surface area contributed by atoms with Crippen LogP contribution in [0.25, 0.3) is 0 Å². The van der Waals surface area contributed by atoms with E-state index in [-0.39, 0.29) is 29.3 Å². The minimum absolute atomic E-state index is 0.0403. The molecule has 0 saturated heterocycles. The van der Waals surface area contributed by atoms with E-state index in [0.29, 0.717) is 18.7 Å². The van der Waals surface area contributed by atoms with Gasteiger partial charge in [0.05, 0.1) is 10.7 Å². The molecule has 0 spiro atoms. The molecule has 7 nitrogen and oxygen atoms in total. The van der Waals surface area contributed by atoms with Crippen LogP contribution < -0.4 is 5.32 Å². The molecule has 0 aliphatic carbocycles. The summed E-state index contributed by atoms with van der Waals surface area (Å²) in [5, 5.41) is 13.8. The van der Waals surface area contributed by atoms with Gasteiger partial charge in [0.1, 0.15) is 6.04 Å².